The summed E-state index contributed by atoms with van der Waals surface area (Å²) in [6.07, 6.45) is -11.8. The quantitative estimate of drug-likeness (QED) is 0.0180. The standard InChI is InChI=1S/C42H69N6O24S2.3Na/c1-4-24-13-25(37(56)43-10-11-44-38(57)26-15-48(47-46-26)17-42(18-50,19-66-73(60,61)62)20-67-74(63,64)65)14-27(35(24)72-41-34(55)33(54)31(52)21(2)68-41)70-40-30(45-22(3)51)36(32(53)29(16-49)71-40)69-28(39(58)59)12-23-8-6-5-7-9-23;;;/h15,21,23-25,27-36,40-41,49,52-55H,4-14,16-20H2,1-3H3,(H,43,56)(H,44,57)(H,45,51)(H,58,59)(H,60,61,62)(H,63,64,65);;;/q-1;3*+1/p-2/t21?,24?,25?,27-,28?,29+,30?,31-,32+,33+,34?,35-,36?,40-,41+;;;/m1.../s1. The number of rotatable bonds is 26. The van der Waals surface area contributed by atoms with Crippen molar-refractivity contribution in [1.82, 2.24) is 30.9 Å². The Labute approximate surface area is 511 Å². The molecular weight excluding hydrogens is 1110 g/mol. The fourth-order valence-corrected chi connectivity index (χ4v) is 10.4. The molecule has 0 spiro atoms. The second kappa shape index (κ2) is 33.0. The van der Waals surface area contributed by atoms with Crippen LogP contribution in [-0.4, -0.2) is 214 Å². The third-order valence-corrected chi connectivity index (χ3v) is 14.4. The van der Waals surface area contributed by atoms with Crippen LogP contribution in [0.2, 0.25) is 0 Å². The number of carbonyl (C=O) groups is 4. The first-order valence-electron chi connectivity index (χ1n) is 24.1. The molecule has 15 atom stereocenters. The molecule has 3 heterocycles. The number of aliphatic hydroxyl groups is 5. The van der Waals surface area contributed by atoms with Crippen LogP contribution >= 0.6 is 0 Å². The summed E-state index contributed by atoms with van der Waals surface area (Å²) in [5, 5.41) is 91.5. The van der Waals surface area contributed by atoms with E-state index in [0.717, 1.165) is 49.9 Å². The second-order valence-electron chi connectivity index (χ2n) is 19.2. The minimum Gasteiger partial charge on any atom is -0.854 e. The number of carbonyl (C=O) groups excluding carboxylic acids is 3. The van der Waals surface area contributed by atoms with Gasteiger partial charge in [-0.3, -0.25) is 27.4 Å². The van der Waals surface area contributed by atoms with E-state index >= 15 is 0 Å². The van der Waals surface area contributed by atoms with E-state index in [0.29, 0.717) is 6.42 Å². The second-order valence-corrected chi connectivity index (χ2v) is 21.3. The number of aromatic nitrogens is 3. The fraction of sp³-hybridized carbons (Fsp3) is 0.857. The maximum absolute atomic E-state index is 14.0. The van der Waals surface area contributed by atoms with Crippen LogP contribution in [0.3, 0.4) is 0 Å². The molecule has 2 aliphatic heterocycles. The van der Waals surface area contributed by atoms with Gasteiger partial charge in [0.25, 0.3) is 5.91 Å². The summed E-state index contributed by atoms with van der Waals surface area (Å²) in [6, 6.07) is -1.42. The van der Waals surface area contributed by atoms with Crippen LogP contribution in [0.4, 0.5) is 0 Å². The minimum atomic E-state index is -5.40. The predicted octanol–water partition coefficient (Wildman–Crippen LogP) is -14.1. The number of amides is 3. The SMILES string of the molecule is CCC1CC(C(=O)NCCNC(=O)c2cn(CC(C[O-])(COS(=O)(=O)[O-])COS(=O)(=O)[O-])nn2)C[C@@H](O[C@@H]2O[C@@H](CO)[C@H](O)C(OC(CC3CCCCC3)C(=O)O)C2NC(C)=O)[C@@H]1O[C@@H]1OC(C)[C@@H](O)[C@H](O)C1O.[Na+].[Na+].[Na+]. The zero-order chi connectivity index (χ0) is 54.7. The molecule has 3 amide bonds. The average Bonchev–Trinajstić information content (AvgIpc) is 3.82. The molecule has 0 radical (unpaired) electrons. The average molecular weight is 1170 g/mol. The van der Waals surface area contributed by atoms with E-state index < -0.39 is 174 Å². The summed E-state index contributed by atoms with van der Waals surface area (Å²) in [5.41, 5.74) is -2.56. The largest absolute Gasteiger partial charge is 1.00 e. The van der Waals surface area contributed by atoms with E-state index in [4.69, 9.17) is 23.7 Å². The van der Waals surface area contributed by atoms with Crippen molar-refractivity contribution >= 4 is 44.5 Å². The molecule has 2 aliphatic carbocycles. The Morgan fingerprint density at radius 3 is 2.05 bits per heavy atom. The van der Waals surface area contributed by atoms with Crippen molar-refractivity contribution in [2.45, 2.75) is 165 Å². The fourth-order valence-electron chi connectivity index (χ4n) is 9.65. The zero-order valence-corrected chi connectivity index (χ0v) is 51.5. The molecule has 7 unspecified atom stereocenters. The van der Waals surface area contributed by atoms with Gasteiger partial charge < -0.3 is 84.5 Å². The van der Waals surface area contributed by atoms with Crippen molar-refractivity contribution in [3.8, 4) is 0 Å². The Kier molecular flexibility index (Phi) is 31.0. The van der Waals surface area contributed by atoms with Gasteiger partial charge in [-0.25, -0.2) is 21.6 Å². The van der Waals surface area contributed by atoms with E-state index in [2.05, 4.69) is 34.6 Å². The van der Waals surface area contributed by atoms with Crippen LogP contribution in [0.5, 0.6) is 0 Å². The molecule has 4 aliphatic rings. The number of aliphatic carboxylic acids is 1. The number of carboxylic acids is 1. The number of nitrogens with one attached hydrogen (secondary N) is 3. The predicted molar refractivity (Wildman–Crippen MR) is 239 cm³/mol. The molecule has 2 saturated heterocycles. The Balaban J connectivity index is 0.00000676. The van der Waals surface area contributed by atoms with Gasteiger partial charge in [-0.05, 0) is 38.0 Å². The third-order valence-electron chi connectivity index (χ3n) is 13.6. The van der Waals surface area contributed by atoms with Crippen LogP contribution in [0.15, 0.2) is 6.20 Å². The van der Waals surface area contributed by atoms with E-state index in [1.54, 1.807) is 6.92 Å². The van der Waals surface area contributed by atoms with Gasteiger partial charge in [-0.2, -0.15) is 0 Å². The van der Waals surface area contributed by atoms with Crippen LogP contribution in [0.25, 0.3) is 0 Å². The minimum absolute atomic E-state index is 0. The van der Waals surface area contributed by atoms with Crippen molar-refractivity contribution in [2.24, 2.45) is 23.2 Å². The Hall–Kier alpha value is -0.680. The molecule has 2 saturated carbocycles. The molecule has 30 nitrogen and oxygen atoms in total. The summed E-state index contributed by atoms with van der Waals surface area (Å²) < 4.78 is 107. The van der Waals surface area contributed by atoms with Crippen LogP contribution in [-0.2, 0) is 73.8 Å². The Morgan fingerprint density at radius 1 is 0.870 bits per heavy atom. The van der Waals surface area contributed by atoms with Gasteiger partial charge >= 0.3 is 94.6 Å². The number of ether oxygens (including phenoxy) is 5. The number of carboxylic acid groups (broad SMARTS) is 1. The van der Waals surface area contributed by atoms with Crippen molar-refractivity contribution < 1.29 is 202 Å². The van der Waals surface area contributed by atoms with Crippen molar-refractivity contribution in [3.05, 3.63) is 11.9 Å². The molecule has 9 N–H and O–H groups in total. The summed E-state index contributed by atoms with van der Waals surface area (Å²) in [5.74, 6) is -4.85. The first-order valence-corrected chi connectivity index (χ1v) is 26.8. The monoisotopic (exact) mass is 1170 g/mol. The third kappa shape index (κ3) is 21.5. The number of hydrogen-bond donors (Lipinski definition) is 9. The van der Waals surface area contributed by atoms with Gasteiger partial charge in [0.05, 0.1) is 50.9 Å². The van der Waals surface area contributed by atoms with E-state index in [1.807, 2.05) is 0 Å². The van der Waals surface area contributed by atoms with Gasteiger partial charge in [-0.1, -0.05) is 50.7 Å². The normalized spacial score (nSPS) is 30.6. The van der Waals surface area contributed by atoms with Crippen molar-refractivity contribution in [3.63, 3.8) is 0 Å². The molecular formula is C42H67N6Na3O24S2. The van der Waals surface area contributed by atoms with Crippen LogP contribution in [0.1, 0.15) is 89.0 Å². The van der Waals surface area contributed by atoms with Gasteiger partial charge in [0, 0.05) is 31.3 Å². The van der Waals surface area contributed by atoms with Crippen LogP contribution in [0, 0.1) is 23.2 Å². The summed E-state index contributed by atoms with van der Waals surface area (Å²) in [4.78, 5) is 52.4. The maximum Gasteiger partial charge on any atom is 1.00 e. The Morgan fingerprint density at radius 2 is 1.49 bits per heavy atom. The van der Waals surface area contributed by atoms with E-state index in [1.165, 1.54) is 6.92 Å². The molecule has 1 aromatic heterocycles. The Bertz CT molecular complexity index is 2220. The molecule has 0 aromatic carbocycles. The first-order chi connectivity index (χ1) is 34.8. The molecule has 77 heavy (non-hydrogen) atoms. The first kappa shape index (κ1) is 72.4. The molecule has 424 valence electrons. The van der Waals surface area contributed by atoms with Gasteiger partial charge in [0.1, 0.15) is 42.7 Å². The number of aliphatic hydroxyl groups excluding tert-OH is 5. The van der Waals surface area contributed by atoms with Crippen LogP contribution < -0.4 is 110 Å². The van der Waals surface area contributed by atoms with Gasteiger partial charge in [0.2, 0.25) is 32.6 Å². The maximum atomic E-state index is 14.0. The molecule has 4 fully saturated rings. The van der Waals surface area contributed by atoms with Crippen molar-refractivity contribution in [2.75, 3.05) is 39.5 Å². The summed E-state index contributed by atoms with van der Waals surface area (Å²) in [6.45, 7) is -1.37. The summed E-state index contributed by atoms with van der Waals surface area (Å²) in [7, 11) is -10.8. The van der Waals surface area contributed by atoms with Crippen molar-refractivity contribution in [1.29, 1.82) is 0 Å². The van der Waals surface area contributed by atoms with E-state index in [-0.39, 0.29) is 133 Å². The molecule has 1 aromatic rings. The molecule has 0 bridgehead atoms. The topological polar surface area (TPSA) is 459 Å². The summed E-state index contributed by atoms with van der Waals surface area (Å²) >= 11 is 0. The molecule has 35 heteroatoms. The molecule has 5 rings (SSSR count). The van der Waals surface area contributed by atoms with Gasteiger partial charge in [0.15, 0.2) is 24.4 Å². The van der Waals surface area contributed by atoms with E-state index in [9.17, 15) is 80.9 Å². The zero-order valence-electron chi connectivity index (χ0n) is 43.8. The van der Waals surface area contributed by atoms with Gasteiger partial charge in [-0.15, -0.1) is 11.7 Å². The smallest absolute Gasteiger partial charge is 0.854 e. The number of nitrogens with zero attached hydrogens (tertiary/aromatic N) is 3. The number of hydrogen-bond acceptors (Lipinski definition) is 25.